The van der Waals surface area contributed by atoms with E-state index in [0.29, 0.717) is 24.4 Å². The summed E-state index contributed by atoms with van der Waals surface area (Å²) in [5.74, 6) is 0.294. The molecule has 2 aromatic rings. The van der Waals surface area contributed by atoms with Crippen molar-refractivity contribution >= 4 is 23.4 Å². The molecule has 0 aliphatic rings. The van der Waals surface area contributed by atoms with E-state index in [1.54, 1.807) is 6.07 Å². The molecule has 0 unspecified atom stereocenters. The smallest absolute Gasteiger partial charge is 0.276 e. The number of nitrogens with zero attached hydrogens (tertiary/aromatic N) is 3. The fourth-order valence-electron chi connectivity index (χ4n) is 2.13. The van der Waals surface area contributed by atoms with Crippen LogP contribution in [-0.4, -0.2) is 21.4 Å². The van der Waals surface area contributed by atoms with E-state index in [9.17, 15) is 9.59 Å². The monoisotopic (exact) mass is 356 g/mol. The largest absolute Gasteiger partial charge is 0.320 e. The van der Waals surface area contributed by atoms with Gasteiger partial charge < -0.3 is 5.32 Å². The normalized spacial score (nSPS) is 10.2. The summed E-state index contributed by atoms with van der Waals surface area (Å²) in [5.41, 5.74) is 0.661. The molecule has 0 atom stereocenters. The lowest BCUT2D eigenvalue weighted by molar-refractivity contribution is 0.101. The second kappa shape index (κ2) is 9.64. The number of hydrogen-bond acceptors (Lipinski definition) is 5. The highest BCUT2D eigenvalue weighted by molar-refractivity contribution is 7.99. The second-order valence-corrected chi connectivity index (χ2v) is 6.48. The van der Waals surface area contributed by atoms with E-state index in [4.69, 9.17) is 5.26 Å². The van der Waals surface area contributed by atoms with Crippen molar-refractivity contribution in [2.75, 3.05) is 11.1 Å². The molecular weight excluding hydrogens is 336 g/mol. The Morgan fingerprint density at radius 2 is 2.12 bits per heavy atom. The van der Waals surface area contributed by atoms with Crippen LogP contribution in [0.4, 0.5) is 5.69 Å². The molecule has 0 radical (unpaired) electrons. The van der Waals surface area contributed by atoms with E-state index < -0.39 is 0 Å². The molecule has 0 saturated carbocycles. The van der Waals surface area contributed by atoms with Gasteiger partial charge in [0.15, 0.2) is 0 Å². The third-order valence-electron chi connectivity index (χ3n) is 3.43. The summed E-state index contributed by atoms with van der Waals surface area (Å²) in [6.07, 6.45) is 2.21. The van der Waals surface area contributed by atoms with E-state index in [1.165, 1.54) is 28.6 Å². The number of rotatable bonds is 8. The third kappa shape index (κ3) is 5.47. The Morgan fingerprint density at radius 1 is 1.32 bits per heavy atom. The molecule has 130 valence electrons. The van der Waals surface area contributed by atoms with Gasteiger partial charge in [-0.1, -0.05) is 25.5 Å². The highest BCUT2D eigenvalue weighted by atomic mass is 32.2. The Hall–Kier alpha value is -2.59. The summed E-state index contributed by atoms with van der Waals surface area (Å²) in [6, 6.07) is 12.3. The van der Waals surface area contributed by atoms with Gasteiger partial charge in [0.05, 0.1) is 11.8 Å². The van der Waals surface area contributed by atoms with Crippen LogP contribution < -0.4 is 10.9 Å². The van der Waals surface area contributed by atoms with Crippen LogP contribution in [-0.2, 0) is 6.54 Å². The first kappa shape index (κ1) is 18.7. The minimum absolute atomic E-state index is 0.201. The number of carbonyl (C=O) groups excluding carboxylic acids is 1. The molecular formula is C18H20N4O2S. The first-order valence-corrected chi connectivity index (χ1v) is 9.12. The summed E-state index contributed by atoms with van der Waals surface area (Å²) in [7, 11) is 0. The number of aromatic nitrogens is 2. The van der Waals surface area contributed by atoms with Crippen LogP contribution in [0.25, 0.3) is 0 Å². The average Bonchev–Trinajstić information content (AvgIpc) is 2.62. The summed E-state index contributed by atoms with van der Waals surface area (Å²) in [5, 5.41) is 15.6. The van der Waals surface area contributed by atoms with Crippen molar-refractivity contribution < 1.29 is 4.79 Å². The number of benzene rings is 1. The van der Waals surface area contributed by atoms with E-state index in [0.717, 1.165) is 17.7 Å². The number of anilines is 1. The van der Waals surface area contributed by atoms with Crippen molar-refractivity contribution in [1.29, 1.82) is 5.26 Å². The Kier molecular flexibility index (Phi) is 7.23. The van der Waals surface area contributed by atoms with Crippen molar-refractivity contribution in [2.45, 2.75) is 37.6 Å². The quantitative estimate of drug-likeness (QED) is 0.579. The molecule has 7 heteroatoms. The van der Waals surface area contributed by atoms with Crippen LogP contribution in [0.5, 0.6) is 0 Å². The van der Waals surface area contributed by atoms with E-state index in [1.807, 2.05) is 25.1 Å². The Balaban J connectivity index is 2.15. The van der Waals surface area contributed by atoms with E-state index >= 15 is 0 Å². The van der Waals surface area contributed by atoms with Gasteiger partial charge in [0.2, 0.25) is 0 Å². The number of carbonyl (C=O) groups is 1. The van der Waals surface area contributed by atoms with Gasteiger partial charge >= 0.3 is 0 Å². The van der Waals surface area contributed by atoms with Crippen LogP contribution >= 0.6 is 11.8 Å². The summed E-state index contributed by atoms with van der Waals surface area (Å²) in [4.78, 5) is 25.2. The zero-order valence-corrected chi connectivity index (χ0v) is 14.9. The highest BCUT2D eigenvalue weighted by Crippen LogP contribution is 2.27. The summed E-state index contributed by atoms with van der Waals surface area (Å²) >= 11 is 1.51. The topological polar surface area (TPSA) is 87.8 Å². The maximum Gasteiger partial charge on any atom is 0.276 e. The van der Waals surface area contributed by atoms with Gasteiger partial charge in [0.25, 0.3) is 11.5 Å². The highest BCUT2D eigenvalue weighted by Gasteiger charge is 2.12. The van der Waals surface area contributed by atoms with E-state index in [-0.39, 0.29) is 17.2 Å². The third-order valence-corrected chi connectivity index (χ3v) is 4.50. The lowest BCUT2D eigenvalue weighted by Crippen LogP contribution is -2.26. The average molecular weight is 356 g/mol. The van der Waals surface area contributed by atoms with Crippen LogP contribution in [0.1, 0.15) is 36.7 Å². The lowest BCUT2D eigenvalue weighted by atomic mass is 10.3. The molecule has 0 fully saturated rings. The predicted octanol–water partition coefficient (Wildman–Crippen LogP) is 3.30. The van der Waals surface area contributed by atoms with Gasteiger partial charge in [-0.2, -0.15) is 10.4 Å². The number of nitrogens with one attached hydrogen (secondary N) is 1. The number of thioether (sulfide) groups is 1. The molecule has 1 aromatic heterocycles. The first-order valence-electron chi connectivity index (χ1n) is 8.14. The molecule has 1 N–H and O–H groups in total. The molecule has 0 spiro atoms. The van der Waals surface area contributed by atoms with Gasteiger partial charge in [0, 0.05) is 29.7 Å². The second-order valence-electron chi connectivity index (χ2n) is 5.34. The van der Waals surface area contributed by atoms with Gasteiger partial charge in [-0.3, -0.25) is 9.59 Å². The van der Waals surface area contributed by atoms with Crippen molar-refractivity contribution in [3.8, 4) is 6.07 Å². The Bertz CT molecular complexity index is 826. The SMILES string of the molecule is CCCCn1nc(C(=O)Nc2ccccc2SCCC#N)ccc1=O. The van der Waals surface area contributed by atoms with Crippen LogP contribution in [0, 0.1) is 11.3 Å². The maximum atomic E-state index is 12.5. The maximum absolute atomic E-state index is 12.5. The molecule has 1 heterocycles. The summed E-state index contributed by atoms with van der Waals surface area (Å²) in [6.45, 7) is 2.53. The number of para-hydroxylation sites is 1. The number of aryl methyl sites for hydroxylation is 1. The molecule has 0 aliphatic carbocycles. The number of hydrogen-bond donors (Lipinski definition) is 1. The molecule has 25 heavy (non-hydrogen) atoms. The number of unbranched alkanes of at least 4 members (excludes halogenated alkanes) is 1. The number of amides is 1. The van der Waals surface area contributed by atoms with Crippen LogP contribution in [0.15, 0.2) is 46.1 Å². The molecule has 6 nitrogen and oxygen atoms in total. The fourth-order valence-corrected chi connectivity index (χ4v) is 2.99. The molecule has 2 rings (SSSR count). The molecule has 1 amide bonds. The zero-order valence-electron chi connectivity index (χ0n) is 14.1. The van der Waals surface area contributed by atoms with Crippen LogP contribution in [0.3, 0.4) is 0 Å². The van der Waals surface area contributed by atoms with Crippen molar-refractivity contribution in [3.05, 3.63) is 52.4 Å². The van der Waals surface area contributed by atoms with Crippen molar-refractivity contribution in [1.82, 2.24) is 9.78 Å². The standard InChI is InChI=1S/C18H20N4O2S/c1-2-3-12-22-17(23)10-9-15(21-22)18(24)20-14-7-4-5-8-16(14)25-13-6-11-19/h4-5,7-10H,2-3,6,12-13H2,1H3,(H,20,24). The summed E-state index contributed by atoms with van der Waals surface area (Å²) < 4.78 is 1.33. The molecule has 1 aromatic carbocycles. The minimum Gasteiger partial charge on any atom is -0.320 e. The van der Waals surface area contributed by atoms with Gasteiger partial charge in [-0.25, -0.2) is 4.68 Å². The minimum atomic E-state index is -0.362. The predicted molar refractivity (Wildman–Crippen MR) is 98.8 cm³/mol. The lowest BCUT2D eigenvalue weighted by Gasteiger charge is -2.11. The zero-order chi connectivity index (χ0) is 18.1. The molecule has 0 aliphatic heterocycles. The molecule has 0 saturated heterocycles. The fraction of sp³-hybridized carbons (Fsp3) is 0.333. The van der Waals surface area contributed by atoms with Crippen molar-refractivity contribution in [2.24, 2.45) is 0 Å². The van der Waals surface area contributed by atoms with Crippen LogP contribution in [0.2, 0.25) is 0 Å². The van der Waals surface area contributed by atoms with Gasteiger partial charge in [-0.05, 0) is 24.6 Å². The Labute approximate surface area is 150 Å². The first-order chi connectivity index (χ1) is 12.2. The molecule has 0 bridgehead atoms. The van der Waals surface area contributed by atoms with Crippen molar-refractivity contribution in [3.63, 3.8) is 0 Å². The van der Waals surface area contributed by atoms with Gasteiger partial charge in [0.1, 0.15) is 5.69 Å². The van der Waals surface area contributed by atoms with E-state index in [2.05, 4.69) is 16.5 Å². The Morgan fingerprint density at radius 3 is 2.88 bits per heavy atom. The van der Waals surface area contributed by atoms with Gasteiger partial charge in [-0.15, -0.1) is 11.8 Å². The number of nitriles is 1.